The Bertz CT molecular complexity index is 1330. The summed E-state index contributed by atoms with van der Waals surface area (Å²) in [5.41, 5.74) is -0.952. The summed E-state index contributed by atoms with van der Waals surface area (Å²) in [5.74, 6) is 0.786. The average molecular weight is 590 g/mol. The quantitative estimate of drug-likeness (QED) is 0.334. The van der Waals surface area contributed by atoms with E-state index in [1.807, 2.05) is 18.2 Å². The Labute approximate surface area is 243 Å². The molecule has 1 atom stereocenters. The third-order valence-electron chi connectivity index (χ3n) is 6.81. The van der Waals surface area contributed by atoms with Crippen LogP contribution in [0.5, 0.6) is 11.5 Å². The van der Waals surface area contributed by atoms with Crippen LogP contribution < -0.4 is 9.47 Å². The summed E-state index contributed by atoms with van der Waals surface area (Å²) in [6, 6.07) is 12.1. The fourth-order valence-electron chi connectivity index (χ4n) is 4.98. The van der Waals surface area contributed by atoms with Gasteiger partial charge in [0.2, 0.25) is 5.67 Å². The van der Waals surface area contributed by atoms with Gasteiger partial charge in [-0.3, -0.25) is 4.79 Å². The van der Waals surface area contributed by atoms with Crippen LogP contribution in [0, 0.1) is 0 Å². The van der Waals surface area contributed by atoms with E-state index >= 15 is 4.39 Å². The smallest absolute Gasteiger partial charge is 0.410 e. The van der Waals surface area contributed by atoms with Gasteiger partial charge in [-0.2, -0.15) is 0 Å². The maximum Gasteiger partial charge on any atom is 0.410 e. The fraction of sp³-hybridized carbons (Fsp3) is 0.448. The van der Waals surface area contributed by atoms with Crippen molar-refractivity contribution in [2.24, 2.45) is 0 Å². The number of hydrogen-bond donors (Lipinski definition) is 0. The van der Waals surface area contributed by atoms with Crippen LogP contribution in [-0.4, -0.2) is 84.7 Å². The summed E-state index contributed by atoms with van der Waals surface area (Å²) in [7, 11) is 1.43. The van der Waals surface area contributed by atoms with Gasteiger partial charge in [-0.1, -0.05) is 23.7 Å². The number of amides is 2. The molecule has 0 aromatic heterocycles. The molecule has 0 N–H and O–H groups in total. The zero-order chi connectivity index (χ0) is 28.7. The number of nitrogens with zero attached hydrogens (tertiary/aromatic N) is 3. The van der Waals surface area contributed by atoms with E-state index in [0.29, 0.717) is 44.4 Å². The normalized spacial score (nSPS) is 18.4. The van der Waals surface area contributed by atoms with E-state index in [-0.39, 0.29) is 5.56 Å². The number of ether oxygens (including phenoxy) is 3. The van der Waals surface area contributed by atoms with Crippen molar-refractivity contribution in [1.29, 1.82) is 0 Å². The number of rotatable bonds is 6. The Morgan fingerprint density at radius 2 is 1.70 bits per heavy atom. The number of carbonyl (C=O) groups excluding carboxylic acids is 2. The minimum absolute atomic E-state index is 0.100. The fourth-order valence-corrected chi connectivity index (χ4v) is 6.20. The summed E-state index contributed by atoms with van der Waals surface area (Å²) in [5, 5.41) is 0.307. The molecule has 0 aliphatic carbocycles. The monoisotopic (exact) mass is 589 g/mol. The van der Waals surface area contributed by atoms with Crippen LogP contribution in [0.3, 0.4) is 0 Å². The highest BCUT2D eigenvalue weighted by Gasteiger charge is 2.48. The standard InChI is InChI=1S/C29H33ClFN3O5S/c1-28(2,3)39-27(36)32(4)18-29(31,21-6-5-7-22(30)12-21)26(35)33-14-19-16-34(17-20(19)15-33)40-23-8-9-24-25(13-23)38-11-10-37-24/h5-9,12-13H,10-11,14-18H2,1-4H3. The highest BCUT2D eigenvalue weighted by Crippen LogP contribution is 2.39. The van der Waals surface area contributed by atoms with Gasteiger partial charge in [-0.15, -0.1) is 0 Å². The Morgan fingerprint density at radius 3 is 2.35 bits per heavy atom. The number of fused-ring (bicyclic) bond motifs is 1. The molecule has 3 aliphatic rings. The molecule has 0 saturated carbocycles. The molecule has 40 heavy (non-hydrogen) atoms. The van der Waals surface area contributed by atoms with Crippen molar-refractivity contribution in [3.8, 4) is 11.5 Å². The molecule has 2 aromatic rings. The minimum Gasteiger partial charge on any atom is -0.486 e. The van der Waals surface area contributed by atoms with Gasteiger partial charge < -0.3 is 24.0 Å². The summed E-state index contributed by atoms with van der Waals surface area (Å²) in [4.78, 5) is 30.1. The maximum absolute atomic E-state index is 16.9. The lowest BCUT2D eigenvalue weighted by atomic mass is 9.93. The second-order valence-electron chi connectivity index (χ2n) is 11.2. The topological polar surface area (TPSA) is 71.6 Å². The van der Waals surface area contributed by atoms with Gasteiger partial charge in [0, 0.05) is 48.7 Å². The summed E-state index contributed by atoms with van der Waals surface area (Å²) < 4.78 is 35.8. The van der Waals surface area contributed by atoms with Crippen LogP contribution in [0.2, 0.25) is 5.02 Å². The van der Waals surface area contributed by atoms with E-state index < -0.39 is 29.8 Å². The highest BCUT2D eigenvalue weighted by atomic mass is 35.5. The zero-order valence-corrected chi connectivity index (χ0v) is 24.6. The molecule has 0 radical (unpaired) electrons. The van der Waals surface area contributed by atoms with E-state index in [9.17, 15) is 9.59 Å². The Morgan fingerprint density at radius 1 is 1.02 bits per heavy atom. The minimum atomic E-state index is -2.50. The van der Waals surface area contributed by atoms with Gasteiger partial charge in [0.05, 0.1) is 6.54 Å². The second-order valence-corrected chi connectivity index (χ2v) is 12.8. The molecule has 0 bridgehead atoms. The predicted molar refractivity (Wildman–Crippen MR) is 152 cm³/mol. The van der Waals surface area contributed by atoms with E-state index in [1.165, 1.54) is 24.1 Å². The third kappa shape index (κ3) is 6.19. The molecule has 0 saturated heterocycles. The number of benzene rings is 2. The number of alkyl halides is 1. The first-order valence-corrected chi connectivity index (χ1v) is 14.3. The molecule has 5 rings (SSSR count). The molecular weight excluding hydrogens is 557 g/mol. The van der Waals surface area contributed by atoms with Gasteiger partial charge in [-0.05, 0) is 74.2 Å². The molecule has 0 fully saturated rings. The molecule has 1 unspecified atom stereocenters. The Hall–Kier alpha value is -2.95. The number of carbonyl (C=O) groups is 2. The SMILES string of the molecule is CN(CC(F)(C(=O)N1CC2=C(CN(Sc3ccc4c(c3)OCCO4)C2)C1)c1cccc(Cl)c1)C(=O)OC(C)(C)C. The van der Waals surface area contributed by atoms with Crippen molar-refractivity contribution in [1.82, 2.24) is 14.1 Å². The largest absolute Gasteiger partial charge is 0.486 e. The van der Waals surface area contributed by atoms with Gasteiger partial charge in [0.15, 0.2) is 11.5 Å². The summed E-state index contributed by atoms with van der Waals surface area (Å²) in [6.07, 6.45) is -0.710. The third-order valence-corrected chi connectivity index (χ3v) is 8.03. The molecule has 214 valence electrons. The van der Waals surface area contributed by atoms with Crippen LogP contribution in [-0.2, 0) is 15.2 Å². The van der Waals surface area contributed by atoms with Gasteiger partial charge in [-0.25, -0.2) is 13.5 Å². The van der Waals surface area contributed by atoms with E-state index in [1.54, 1.807) is 44.9 Å². The lowest BCUT2D eigenvalue weighted by molar-refractivity contribution is -0.144. The Kier molecular flexibility index (Phi) is 7.96. The molecule has 2 aromatic carbocycles. The van der Waals surface area contributed by atoms with Crippen LogP contribution >= 0.6 is 23.5 Å². The molecule has 0 spiro atoms. The van der Waals surface area contributed by atoms with E-state index in [4.69, 9.17) is 25.8 Å². The van der Waals surface area contributed by atoms with Crippen LogP contribution in [0.1, 0.15) is 26.3 Å². The van der Waals surface area contributed by atoms with Crippen molar-refractivity contribution >= 4 is 35.5 Å². The molecular formula is C29H33ClFN3O5S. The van der Waals surface area contributed by atoms with Crippen LogP contribution in [0.25, 0.3) is 0 Å². The lowest BCUT2D eigenvalue weighted by Crippen LogP contribution is -2.51. The van der Waals surface area contributed by atoms with Crippen molar-refractivity contribution in [3.05, 3.63) is 64.2 Å². The van der Waals surface area contributed by atoms with Crippen LogP contribution in [0.15, 0.2) is 58.5 Å². The lowest BCUT2D eigenvalue weighted by Gasteiger charge is -2.34. The first-order valence-electron chi connectivity index (χ1n) is 13.1. The molecule has 3 aliphatic heterocycles. The predicted octanol–water partition coefficient (Wildman–Crippen LogP) is 5.30. The van der Waals surface area contributed by atoms with Gasteiger partial charge in [0.1, 0.15) is 18.8 Å². The second kappa shape index (κ2) is 11.1. The van der Waals surface area contributed by atoms with Gasteiger partial charge >= 0.3 is 6.09 Å². The molecule has 2 amide bonds. The first kappa shape index (κ1) is 28.6. The Balaban J connectivity index is 1.26. The molecule has 3 heterocycles. The maximum atomic E-state index is 16.9. The number of likely N-dealkylation sites (N-methyl/N-ethyl adjacent to an activating group) is 1. The highest BCUT2D eigenvalue weighted by molar-refractivity contribution is 7.97. The summed E-state index contributed by atoms with van der Waals surface area (Å²) >= 11 is 7.79. The van der Waals surface area contributed by atoms with Gasteiger partial charge in [0.25, 0.3) is 5.91 Å². The average Bonchev–Trinajstić information content (AvgIpc) is 3.46. The van der Waals surface area contributed by atoms with Crippen molar-refractivity contribution in [3.63, 3.8) is 0 Å². The van der Waals surface area contributed by atoms with E-state index in [2.05, 4.69) is 4.31 Å². The zero-order valence-electron chi connectivity index (χ0n) is 23.0. The molecule has 8 nitrogen and oxygen atoms in total. The summed E-state index contributed by atoms with van der Waals surface area (Å²) in [6.45, 7) is 7.75. The van der Waals surface area contributed by atoms with Crippen molar-refractivity contribution in [2.45, 2.75) is 36.9 Å². The van der Waals surface area contributed by atoms with Crippen molar-refractivity contribution < 1.29 is 28.2 Å². The number of halogens is 2. The van der Waals surface area contributed by atoms with E-state index in [0.717, 1.165) is 32.4 Å². The molecule has 11 heteroatoms. The van der Waals surface area contributed by atoms with Crippen LogP contribution in [0.4, 0.5) is 9.18 Å². The number of hydrogen-bond acceptors (Lipinski definition) is 7. The van der Waals surface area contributed by atoms with Crippen molar-refractivity contribution in [2.75, 3.05) is 53.0 Å². The first-order chi connectivity index (χ1) is 18.9.